The van der Waals surface area contributed by atoms with Crippen LogP contribution in [0.3, 0.4) is 0 Å². The second-order valence-electron chi connectivity index (χ2n) is 7.59. The topological polar surface area (TPSA) is 57.2 Å². The largest absolute Gasteiger partial charge is 0.741 e. The number of alkyl halides is 3. The third-order valence-electron chi connectivity index (χ3n) is 5.59. The fraction of sp³-hybridized carbons (Fsp3) is 0.667. The van der Waals surface area contributed by atoms with E-state index in [4.69, 9.17) is 13.0 Å². The molecular formula is C18H25F3O3S2. The van der Waals surface area contributed by atoms with Crippen molar-refractivity contribution in [3.8, 4) is 0 Å². The third kappa shape index (κ3) is 4.75. The standard InChI is InChI=1S/C17H25S.CHF3O3S/c1-13-9-10-15-11-16(13)18(17(15,2)3)12-14-7-5-4-6-8-14;2-1(3,4)8(5,6)7/h4-8,13,15-16H,9-12H2,1-3H3;(H,5,6,7)/q+1;/p-1. The summed E-state index contributed by atoms with van der Waals surface area (Å²) in [6.45, 7) is 7.58. The van der Waals surface area contributed by atoms with Crippen molar-refractivity contribution in [1.82, 2.24) is 0 Å². The van der Waals surface area contributed by atoms with E-state index in [0.717, 1.165) is 17.1 Å². The van der Waals surface area contributed by atoms with Gasteiger partial charge in [0.1, 0.15) is 15.7 Å². The average molecular weight is 411 g/mol. The maximum absolute atomic E-state index is 10.7. The molecule has 0 spiro atoms. The van der Waals surface area contributed by atoms with E-state index in [2.05, 4.69) is 51.1 Å². The Balaban J connectivity index is 0.000000260. The lowest BCUT2D eigenvalue weighted by atomic mass is 9.78. The summed E-state index contributed by atoms with van der Waals surface area (Å²) in [7, 11) is -5.51. The van der Waals surface area contributed by atoms with E-state index >= 15 is 0 Å². The first kappa shape index (κ1) is 21.6. The van der Waals surface area contributed by atoms with Gasteiger partial charge in [-0.2, -0.15) is 13.2 Å². The summed E-state index contributed by atoms with van der Waals surface area (Å²) in [5.74, 6) is 3.26. The first-order chi connectivity index (χ1) is 11.8. The van der Waals surface area contributed by atoms with Crippen LogP contribution in [-0.4, -0.2) is 28.5 Å². The Morgan fingerprint density at radius 3 is 2.23 bits per heavy atom. The van der Waals surface area contributed by atoms with Gasteiger partial charge in [0, 0.05) is 34.7 Å². The molecular weight excluding hydrogens is 385 g/mol. The van der Waals surface area contributed by atoms with Crippen molar-refractivity contribution in [2.75, 3.05) is 0 Å². The summed E-state index contributed by atoms with van der Waals surface area (Å²) in [6.07, 6.45) is 4.45. The number of benzene rings is 1. The maximum atomic E-state index is 10.7. The Labute approximate surface area is 156 Å². The summed E-state index contributed by atoms with van der Waals surface area (Å²) in [6, 6.07) is 11.1. The molecule has 1 saturated carbocycles. The van der Waals surface area contributed by atoms with Crippen LogP contribution >= 0.6 is 0 Å². The lowest BCUT2D eigenvalue weighted by molar-refractivity contribution is -0.0517. The van der Waals surface area contributed by atoms with Crippen LogP contribution < -0.4 is 0 Å². The molecule has 1 saturated heterocycles. The quantitative estimate of drug-likeness (QED) is 0.411. The second kappa shape index (κ2) is 7.72. The minimum atomic E-state index is -6.09. The molecule has 4 unspecified atom stereocenters. The van der Waals surface area contributed by atoms with E-state index in [9.17, 15) is 13.2 Å². The Morgan fingerprint density at radius 2 is 1.73 bits per heavy atom. The SMILES string of the molecule is CC1CCC2CC1[S+](Cc1ccccc1)C2(C)C.O=S(=O)([O-])C(F)(F)F. The van der Waals surface area contributed by atoms with Crippen LogP contribution in [0.1, 0.15) is 45.6 Å². The van der Waals surface area contributed by atoms with Gasteiger partial charge in [0.2, 0.25) is 0 Å². The molecule has 3 rings (SSSR count). The van der Waals surface area contributed by atoms with Crippen molar-refractivity contribution in [3.05, 3.63) is 35.9 Å². The highest BCUT2D eigenvalue weighted by molar-refractivity contribution is 7.98. The van der Waals surface area contributed by atoms with Crippen molar-refractivity contribution < 1.29 is 26.1 Å². The fourth-order valence-corrected chi connectivity index (χ4v) is 7.68. The van der Waals surface area contributed by atoms with Crippen LogP contribution in [0.5, 0.6) is 0 Å². The van der Waals surface area contributed by atoms with Gasteiger partial charge in [-0.15, -0.1) is 0 Å². The molecule has 1 aliphatic heterocycles. The van der Waals surface area contributed by atoms with Gasteiger partial charge in [0.15, 0.2) is 10.1 Å². The molecule has 1 aromatic rings. The lowest BCUT2D eigenvalue weighted by Crippen LogP contribution is -2.36. The van der Waals surface area contributed by atoms with E-state index in [0.29, 0.717) is 15.6 Å². The number of hydrogen-bond acceptors (Lipinski definition) is 3. The summed E-state index contributed by atoms with van der Waals surface area (Å²) < 4.78 is 59.5. The highest BCUT2D eigenvalue weighted by atomic mass is 32.2. The zero-order chi connectivity index (χ0) is 19.8. The number of rotatable bonds is 2. The molecule has 0 radical (unpaired) electrons. The van der Waals surface area contributed by atoms with Crippen LogP contribution in [0.15, 0.2) is 30.3 Å². The molecule has 4 atom stereocenters. The summed E-state index contributed by atoms with van der Waals surface area (Å²) in [5, 5.41) is 0.999. The molecule has 26 heavy (non-hydrogen) atoms. The predicted molar refractivity (Wildman–Crippen MR) is 97.6 cm³/mol. The normalized spacial score (nSPS) is 30.4. The van der Waals surface area contributed by atoms with Crippen molar-refractivity contribution in [2.45, 2.75) is 61.3 Å². The molecule has 2 fully saturated rings. The smallest absolute Gasteiger partial charge is 0.485 e. The van der Waals surface area contributed by atoms with Crippen molar-refractivity contribution in [1.29, 1.82) is 0 Å². The van der Waals surface area contributed by atoms with Crippen LogP contribution in [0.4, 0.5) is 13.2 Å². The van der Waals surface area contributed by atoms with Gasteiger partial charge in [-0.25, -0.2) is 8.42 Å². The van der Waals surface area contributed by atoms with Crippen LogP contribution in [-0.2, 0) is 26.8 Å². The molecule has 2 bridgehead atoms. The third-order valence-corrected chi connectivity index (χ3v) is 9.88. The minimum absolute atomic E-state index is 0.575. The summed E-state index contributed by atoms with van der Waals surface area (Å²) >= 11 is 0. The number of fused-ring (bicyclic) bond motifs is 2. The van der Waals surface area contributed by atoms with E-state index in [-0.39, 0.29) is 0 Å². The van der Waals surface area contributed by atoms with Gasteiger partial charge in [-0.3, -0.25) is 0 Å². The first-order valence-electron chi connectivity index (χ1n) is 8.60. The van der Waals surface area contributed by atoms with Crippen molar-refractivity contribution >= 4 is 21.0 Å². The Bertz CT molecular complexity index is 702. The van der Waals surface area contributed by atoms with Gasteiger partial charge in [0.25, 0.3) is 0 Å². The minimum Gasteiger partial charge on any atom is -0.741 e. The van der Waals surface area contributed by atoms with Gasteiger partial charge >= 0.3 is 5.51 Å². The monoisotopic (exact) mass is 410 g/mol. The van der Waals surface area contributed by atoms with Gasteiger partial charge in [-0.05, 0) is 26.7 Å². The van der Waals surface area contributed by atoms with E-state index in [1.807, 2.05) is 0 Å². The Kier molecular flexibility index (Phi) is 6.40. The molecule has 148 valence electrons. The van der Waals surface area contributed by atoms with E-state index in [1.165, 1.54) is 25.0 Å². The van der Waals surface area contributed by atoms with Gasteiger partial charge in [-0.1, -0.05) is 37.3 Å². The van der Waals surface area contributed by atoms with Crippen LogP contribution in [0, 0.1) is 11.8 Å². The molecule has 0 amide bonds. The van der Waals surface area contributed by atoms with Crippen LogP contribution in [0.25, 0.3) is 0 Å². The number of hydrogen-bond donors (Lipinski definition) is 0. The molecule has 0 aromatic heterocycles. The first-order valence-corrected chi connectivity index (χ1v) is 11.5. The van der Waals surface area contributed by atoms with Crippen molar-refractivity contribution in [3.63, 3.8) is 0 Å². The molecule has 2 aliphatic rings. The molecule has 3 nitrogen and oxygen atoms in total. The Morgan fingerprint density at radius 1 is 1.19 bits per heavy atom. The molecule has 8 heteroatoms. The Hall–Kier alpha value is -0.730. The molecule has 1 aliphatic carbocycles. The highest BCUT2D eigenvalue weighted by Crippen LogP contribution is 2.53. The lowest BCUT2D eigenvalue weighted by Gasteiger charge is -2.24. The summed E-state index contributed by atoms with van der Waals surface area (Å²) in [4.78, 5) is 0. The molecule has 1 heterocycles. The predicted octanol–water partition coefficient (Wildman–Crippen LogP) is 4.45. The van der Waals surface area contributed by atoms with Gasteiger partial charge < -0.3 is 4.55 Å². The molecule has 0 N–H and O–H groups in total. The zero-order valence-corrected chi connectivity index (χ0v) is 16.8. The second-order valence-corrected chi connectivity index (χ2v) is 11.8. The fourth-order valence-electron chi connectivity index (χ4n) is 3.96. The maximum Gasteiger partial charge on any atom is 0.485 e. The summed E-state index contributed by atoms with van der Waals surface area (Å²) in [5.41, 5.74) is -4.10. The van der Waals surface area contributed by atoms with Crippen molar-refractivity contribution in [2.24, 2.45) is 11.8 Å². The zero-order valence-electron chi connectivity index (χ0n) is 15.1. The molecule has 1 aromatic carbocycles. The van der Waals surface area contributed by atoms with E-state index in [1.54, 1.807) is 5.56 Å². The van der Waals surface area contributed by atoms with E-state index < -0.39 is 15.6 Å². The average Bonchev–Trinajstić information content (AvgIpc) is 2.72. The van der Waals surface area contributed by atoms with Crippen LogP contribution in [0.2, 0.25) is 0 Å². The van der Waals surface area contributed by atoms with Gasteiger partial charge in [0.05, 0.1) is 0 Å². The highest BCUT2D eigenvalue weighted by Gasteiger charge is 2.60. The number of halogens is 3.